The number of amides is 1. The van der Waals surface area contributed by atoms with Gasteiger partial charge in [-0.2, -0.15) is 5.10 Å². The van der Waals surface area contributed by atoms with Crippen molar-refractivity contribution < 1.29 is 4.79 Å². The van der Waals surface area contributed by atoms with Gasteiger partial charge in [-0.05, 0) is 78.1 Å². The fourth-order valence-electron chi connectivity index (χ4n) is 6.35. The topological polar surface area (TPSA) is 57.5 Å². The molecule has 1 aromatic carbocycles. The first kappa shape index (κ1) is 23.5. The molecule has 0 saturated carbocycles. The predicted molar refractivity (Wildman–Crippen MR) is 144 cm³/mol. The number of carbonyl (C=O) groups excluding carboxylic acids is 1. The number of aryl methyl sites for hydroxylation is 3. The number of fused-ring (bicyclic) bond motifs is 1. The molecule has 36 heavy (non-hydrogen) atoms. The molecule has 7 heteroatoms. The Labute approximate surface area is 214 Å². The highest BCUT2D eigenvalue weighted by Gasteiger charge is 2.34. The molecule has 0 atom stereocenters. The maximum Gasteiger partial charge on any atom is 0.225 e. The molecule has 190 valence electrons. The minimum absolute atomic E-state index is 0.141. The summed E-state index contributed by atoms with van der Waals surface area (Å²) in [5.41, 5.74) is 6.54. The third kappa shape index (κ3) is 4.17. The largest absolute Gasteiger partial charge is 0.368 e. The lowest BCUT2D eigenvalue weighted by atomic mass is 9.93. The quantitative estimate of drug-likeness (QED) is 0.552. The van der Waals surface area contributed by atoms with Gasteiger partial charge in [-0.3, -0.25) is 9.78 Å². The van der Waals surface area contributed by atoms with Crippen molar-refractivity contribution in [1.29, 1.82) is 0 Å². The van der Waals surface area contributed by atoms with Gasteiger partial charge in [0.25, 0.3) is 0 Å². The van der Waals surface area contributed by atoms with Crippen LogP contribution in [0.3, 0.4) is 0 Å². The van der Waals surface area contributed by atoms with Crippen molar-refractivity contribution in [2.75, 3.05) is 44.2 Å². The summed E-state index contributed by atoms with van der Waals surface area (Å²) in [5.74, 6) is 0.519. The van der Waals surface area contributed by atoms with Crippen LogP contribution in [0.2, 0.25) is 0 Å². The highest BCUT2D eigenvalue weighted by Crippen LogP contribution is 2.34. The van der Waals surface area contributed by atoms with Crippen LogP contribution in [-0.4, -0.2) is 75.8 Å². The molecule has 3 aromatic rings. The first-order valence-electron chi connectivity index (χ1n) is 13.7. The number of hydrogen-bond donors (Lipinski definition) is 0. The van der Waals surface area contributed by atoms with Crippen LogP contribution in [0.5, 0.6) is 0 Å². The van der Waals surface area contributed by atoms with E-state index in [0.29, 0.717) is 11.9 Å². The number of pyridine rings is 1. The SMILES string of the molecule is Cc1ccc(-n2nc3c(N4CCC(C(=O)N5CCC(N6CCC6)CC5)CC4)cnc(C)c3c2C)cc1. The summed E-state index contributed by atoms with van der Waals surface area (Å²) >= 11 is 0. The number of nitrogens with zero attached hydrogens (tertiary/aromatic N) is 6. The molecule has 0 aliphatic carbocycles. The molecule has 0 radical (unpaired) electrons. The summed E-state index contributed by atoms with van der Waals surface area (Å²) in [7, 11) is 0. The van der Waals surface area contributed by atoms with Crippen LogP contribution in [0.4, 0.5) is 5.69 Å². The molecule has 3 aliphatic heterocycles. The van der Waals surface area contributed by atoms with E-state index < -0.39 is 0 Å². The second kappa shape index (κ2) is 9.51. The zero-order valence-electron chi connectivity index (χ0n) is 21.9. The molecular weight excluding hydrogens is 448 g/mol. The van der Waals surface area contributed by atoms with Gasteiger partial charge in [0, 0.05) is 49.2 Å². The first-order chi connectivity index (χ1) is 17.5. The zero-order chi connectivity index (χ0) is 24.8. The maximum atomic E-state index is 13.3. The molecule has 0 bridgehead atoms. The van der Waals surface area contributed by atoms with Crippen molar-refractivity contribution in [3.8, 4) is 5.69 Å². The minimum atomic E-state index is 0.141. The van der Waals surface area contributed by atoms with E-state index >= 15 is 0 Å². The van der Waals surface area contributed by atoms with Crippen molar-refractivity contribution in [1.82, 2.24) is 24.6 Å². The molecular formula is C29H38N6O. The molecule has 7 nitrogen and oxygen atoms in total. The lowest BCUT2D eigenvalue weighted by molar-refractivity contribution is -0.138. The Hall–Kier alpha value is -2.93. The van der Waals surface area contributed by atoms with Crippen molar-refractivity contribution in [2.24, 2.45) is 5.92 Å². The van der Waals surface area contributed by atoms with Crippen LogP contribution in [0.15, 0.2) is 30.5 Å². The standard InChI is InChI=1S/C29H38N6O/c1-20-5-7-25(8-6-20)35-22(3)27-21(2)30-19-26(28(27)31-35)33-15-9-23(10-16-33)29(36)34-17-11-24(12-18-34)32-13-4-14-32/h5-8,19,23-24H,4,9-18H2,1-3H3. The van der Waals surface area contributed by atoms with E-state index in [4.69, 9.17) is 10.1 Å². The van der Waals surface area contributed by atoms with Crippen LogP contribution < -0.4 is 4.90 Å². The van der Waals surface area contributed by atoms with E-state index in [1.54, 1.807) is 0 Å². The smallest absolute Gasteiger partial charge is 0.225 e. The number of likely N-dealkylation sites (tertiary alicyclic amines) is 2. The van der Waals surface area contributed by atoms with Gasteiger partial charge in [0.05, 0.1) is 23.3 Å². The average Bonchev–Trinajstić information content (AvgIpc) is 3.22. The van der Waals surface area contributed by atoms with Crippen molar-refractivity contribution in [3.05, 3.63) is 47.4 Å². The zero-order valence-corrected chi connectivity index (χ0v) is 21.9. The number of benzene rings is 1. The average molecular weight is 487 g/mol. The van der Waals surface area contributed by atoms with Crippen LogP contribution >= 0.6 is 0 Å². The Morgan fingerprint density at radius 1 is 0.889 bits per heavy atom. The van der Waals surface area contributed by atoms with Crippen molar-refractivity contribution in [3.63, 3.8) is 0 Å². The Balaban J connectivity index is 1.16. The molecule has 0 unspecified atom stereocenters. The van der Waals surface area contributed by atoms with E-state index in [0.717, 1.165) is 85.5 Å². The monoisotopic (exact) mass is 486 g/mol. The second-order valence-electron chi connectivity index (χ2n) is 11.0. The van der Waals surface area contributed by atoms with E-state index in [1.165, 1.54) is 25.1 Å². The molecule has 0 N–H and O–H groups in total. The Morgan fingerprint density at radius 3 is 2.22 bits per heavy atom. The summed E-state index contributed by atoms with van der Waals surface area (Å²) in [6.07, 6.45) is 7.40. The molecule has 2 aromatic heterocycles. The molecule has 5 heterocycles. The van der Waals surface area contributed by atoms with Gasteiger partial charge in [0.2, 0.25) is 5.91 Å². The molecule has 0 spiro atoms. The Kier molecular flexibility index (Phi) is 6.20. The van der Waals surface area contributed by atoms with Gasteiger partial charge < -0.3 is 14.7 Å². The van der Waals surface area contributed by atoms with Crippen LogP contribution in [0.1, 0.15) is 49.1 Å². The minimum Gasteiger partial charge on any atom is -0.368 e. The van der Waals surface area contributed by atoms with Crippen molar-refractivity contribution >= 4 is 22.5 Å². The second-order valence-corrected chi connectivity index (χ2v) is 11.0. The number of hydrogen-bond acceptors (Lipinski definition) is 5. The fraction of sp³-hybridized carbons (Fsp3) is 0.552. The summed E-state index contributed by atoms with van der Waals surface area (Å²) in [6, 6.07) is 9.20. The number of carbonyl (C=O) groups is 1. The van der Waals surface area contributed by atoms with Crippen molar-refractivity contribution in [2.45, 2.75) is 58.9 Å². The highest BCUT2D eigenvalue weighted by atomic mass is 16.2. The van der Waals surface area contributed by atoms with Gasteiger partial charge in [-0.25, -0.2) is 4.68 Å². The van der Waals surface area contributed by atoms with Gasteiger partial charge in [0.15, 0.2) is 0 Å². The normalized spacial score (nSPS) is 20.2. The lowest BCUT2D eigenvalue weighted by Crippen LogP contribution is -2.52. The van der Waals surface area contributed by atoms with E-state index in [-0.39, 0.29) is 5.92 Å². The molecule has 3 aliphatic rings. The molecule has 6 rings (SSSR count). The van der Waals surface area contributed by atoms with Gasteiger partial charge >= 0.3 is 0 Å². The van der Waals surface area contributed by atoms with Crippen LogP contribution in [0, 0.1) is 26.7 Å². The molecule has 3 fully saturated rings. The van der Waals surface area contributed by atoms with Crippen LogP contribution in [-0.2, 0) is 4.79 Å². The van der Waals surface area contributed by atoms with E-state index in [2.05, 4.69) is 59.7 Å². The highest BCUT2D eigenvalue weighted by molar-refractivity contribution is 5.94. The third-order valence-electron chi connectivity index (χ3n) is 8.75. The Morgan fingerprint density at radius 2 is 1.58 bits per heavy atom. The van der Waals surface area contributed by atoms with Gasteiger partial charge in [0.1, 0.15) is 5.52 Å². The number of piperidine rings is 2. The molecule has 3 saturated heterocycles. The molecule has 1 amide bonds. The third-order valence-corrected chi connectivity index (χ3v) is 8.75. The Bertz CT molecular complexity index is 1250. The maximum absolute atomic E-state index is 13.3. The van der Waals surface area contributed by atoms with E-state index in [9.17, 15) is 4.79 Å². The summed E-state index contributed by atoms with van der Waals surface area (Å²) in [6.45, 7) is 12.4. The first-order valence-corrected chi connectivity index (χ1v) is 13.7. The number of anilines is 1. The fourth-order valence-corrected chi connectivity index (χ4v) is 6.35. The number of rotatable bonds is 4. The van der Waals surface area contributed by atoms with Crippen LogP contribution in [0.25, 0.3) is 16.6 Å². The van der Waals surface area contributed by atoms with Gasteiger partial charge in [-0.15, -0.1) is 0 Å². The lowest BCUT2D eigenvalue weighted by Gasteiger charge is -2.44. The summed E-state index contributed by atoms with van der Waals surface area (Å²) in [5, 5.41) is 6.20. The van der Waals surface area contributed by atoms with Gasteiger partial charge in [-0.1, -0.05) is 17.7 Å². The predicted octanol–water partition coefficient (Wildman–Crippen LogP) is 4.26. The summed E-state index contributed by atoms with van der Waals surface area (Å²) < 4.78 is 2.04. The van der Waals surface area contributed by atoms with E-state index in [1.807, 2.05) is 10.9 Å². The number of aromatic nitrogens is 3. The summed E-state index contributed by atoms with van der Waals surface area (Å²) in [4.78, 5) is 25.2.